The van der Waals surface area contributed by atoms with E-state index in [1.54, 1.807) is 0 Å². The van der Waals surface area contributed by atoms with Gasteiger partial charge in [0.15, 0.2) is 0 Å². The van der Waals surface area contributed by atoms with Gasteiger partial charge in [0.1, 0.15) is 0 Å². The van der Waals surface area contributed by atoms with Gasteiger partial charge in [-0.3, -0.25) is 4.99 Å². The summed E-state index contributed by atoms with van der Waals surface area (Å²) in [6, 6.07) is 0. The van der Waals surface area contributed by atoms with E-state index in [4.69, 9.17) is 0 Å². The molecule has 0 aromatic heterocycles. The minimum Gasteiger partial charge on any atom is -0.290 e. The smallest absolute Gasteiger partial charge is 0.0389 e. The van der Waals surface area contributed by atoms with Crippen molar-refractivity contribution in [2.24, 2.45) is 4.99 Å². The second-order valence-corrected chi connectivity index (χ2v) is 3.01. The topological polar surface area (TPSA) is 12.4 Å². The molecule has 0 atom stereocenters. The summed E-state index contributed by atoms with van der Waals surface area (Å²) in [5, 5.41) is 0. The molecule has 0 N–H and O–H groups in total. The molecule has 0 unspecified atom stereocenters. The van der Waals surface area contributed by atoms with Gasteiger partial charge in [-0.15, -0.1) is 6.58 Å². The van der Waals surface area contributed by atoms with Gasteiger partial charge in [0, 0.05) is 12.3 Å². The van der Waals surface area contributed by atoms with Crippen molar-refractivity contribution < 1.29 is 0 Å². The number of rotatable bonds is 7. The van der Waals surface area contributed by atoms with Crippen LogP contribution in [0.5, 0.6) is 0 Å². The number of hydrogen-bond donors (Lipinski definition) is 0. The van der Waals surface area contributed by atoms with Crippen LogP contribution in [0.2, 0.25) is 0 Å². The first-order valence-electron chi connectivity index (χ1n) is 5.15. The van der Waals surface area contributed by atoms with E-state index in [0.29, 0.717) is 0 Å². The first kappa shape index (κ1) is 12.2. The molecule has 1 heteroatoms. The van der Waals surface area contributed by atoms with E-state index in [1.165, 1.54) is 5.71 Å². The predicted molar refractivity (Wildman–Crippen MR) is 61.5 cm³/mol. The average Bonchev–Trinajstić information content (AvgIpc) is 2.17. The van der Waals surface area contributed by atoms with Crippen LogP contribution in [0.4, 0.5) is 0 Å². The number of aliphatic imine (C=N–C) groups is 1. The highest BCUT2D eigenvalue weighted by molar-refractivity contribution is 5.94. The summed E-state index contributed by atoms with van der Waals surface area (Å²) in [5.74, 6) is 0. The molecule has 0 aliphatic carbocycles. The lowest BCUT2D eigenvalue weighted by Crippen LogP contribution is -1.94. The molecule has 0 rings (SSSR count). The molecule has 0 heterocycles. The van der Waals surface area contributed by atoms with Gasteiger partial charge in [0.25, 0.3) is 0 Å². The van der Waals surface area contributed by atoms with Crippen LogP contribution in [0.15, 0.2) is 29.8 Å². The van der Waals surface area contributed by atoms with Crippen LogP contribution in [0, 0.1) is 0 Å². The SMILES string of the molecule is C=CCCC(/C=C/CC)=NCCC. The van der Waals surface area contributed by atoms with Crippen molar-refractivity contribution in [3.8, 4) is 0 Å². The molecule has 0 saturated heterocycles. The van der Waals surface area contributed by atoms with Gasteiger partial charge in [-0.1, -0.05) is 26.0 Å². The van der Waals surface area contributed by atoms with Crippen LogP contribution < -0.4 is 0 Å². The largest absolute Gasteiger partial charge is 0.290 e. The van der Waals surface area contributed by atoms with Crippen molar-refractivity contribution in [3.63, 3.8) is 0 Å². The third-order valence-corrected chi connectivity index (χ3v) is 1.69. The maximum Gasteiger partial charge on any atom is 0.0389 e. The number of hydrogen-bond acceptors (Lipinski definition) is 1. The highest BCUT2D eigenvalue weighted by Crippen LogP contribution is 1.98. The summed E-state index contributed by atoms with van der Waals surface area (Å²) >= 11 is 0. The molecule has 0 fully saturated rings. The highest BCUT2D eigenvalue weighted by Gasteiger charge is 1.91. The maximum absolute atomic E-state index is 4.50. The highest BCUT2D eigenvalue weighted by atomic mass is 14.7. The molecule has 0 bridgehead atoms. The summed E-state index contributed by atoms with van der Waals surface area (Å²) in [4.78, 5) is 4.50. The number of nitrogens with zero attached hydrogens (tertiary/aromatic N) is 1. The fraction of sp³-hybridized carbons (Fsp3) is 0.583. The Bertz CT molecular complexity index is 178. The summed E-state index contributed by atoms with van der Waals surface area (Å²) < 4.78 is 0. The molecule has 0 aliphatic heterocycles. The number of allylic oxidation sites excluding steroid dienone is 3. The average molecular weight is 179 g/mol. The monoisotopic (exact) mass is 179 g/mol. The molecular weight excluding hydrogens is 158 g/mol. The van der Waals surface area contributed by atoms with Crippen LogP contribution in [-0.4, -0.2) is 12.3 Å². The lowest BCUT2D eigenvalue weighted by Gasteiger charge is -1.98. The first-order valence-corrected chi connectivity index (χ1v) is 5.15. The molecule has 0 aromatic carbocycles. The molecule has 13 heavy (non-hydrogen) atoms. The second kappa shape index (κ2) is 9.24. The Hall–Kier alpha value is -0.850. The Balaban J connectivity index is 4.01. The zero-order valence-corrected chi connectivity index (χ0v) is 8.92. The van der Waals surface area contributed by atoms with Crippen LogP contribution in [0.25, 0.3) is 0 Å². The first-order chi connectivity index (χ1) is 6.35. The lowest BCUT2D eigenvalue weighted by molar-refractivity contribution is 0.922. The summed E-state index contributed by atoms with van der Waals surface area (Å²) in [6.45, 7) is 8.95. The Morgan fingerprint density at radius 3 is 2.69 bits per heavy atom. The predicted octanol–water partition coefficient (Wildman–Crippen LogP) is 3.77. The fourth-order valence-electron chi connectivity index (χ4n) is 0.974. The third-order valence-electron chi connectivity index (χ3n) is 1.69. The lowest BCUT2D eigenvalue weighted by atomic mass is 10.2. The van der Waals surface area contributed by atoms with E-state index in [9.17, 15) is 0 Å². The maximum atomic E-state index is 4.50. The Labute approximate surface area is 82.3 Å². The minimum absolute atomic E-state index is 0.945. The molecule has 0 amide bonds. The van der Waals surface area contributed by atoms with Crippen LogP contribution in [-0.2, 0) is 0 Å². The molecule has 0 saturated carbocycles. The van der Waals surface area contributed by atoms with Crippen molar-refractivity contribution in [2.75, 3.05) is 6.54 Å². The molecule has 0 aliphatic rings. The Morgan fingerprint density at radius 2 is 2.15 bits per heavy atom. The van der Waals surface area contributed by atoms with Gasteiger partial charge in [0.05, 0.1) is 0 Å². The van der Waals surface area contributed by atoms with Crippen molar-refractivity contribution in [2.45, 2.75) is 39.5 Å². The van der Waals surface area contributed by atoms with Crippen LogP contribution in [0.3, 0.4) is 0 Å². The van der Waals surface area contributed by atoms with Crippen molar-refractivity contribution in [1.29, 1.82) is 0 Å². The van der Waals surface area contributed by atoms with E-state index in [0.717, 1.165) is 32.2 Å². The van der Waals surface area contributed by atoms with E-state index in [2.05, 4.69) is 37.6 Å². The molecule has 0 spiro atoms. The zero-order valence-electron chi connectivity index (χ0n) is 8.92. The van der Waals surface area contributed by atoms with Gasteiger partial charge in [0.2, 0.25) is 0 Å². The van der Waals surface area contributed by atoms with Gasteiger partial charge in [-0.05, 0) is 31.8 Å². The standard InChI is InChI=1S/C12H21N/c1-4-7-9-12(10-8-5-2)13-11-6-3/h4,8,10H,1,5-7,9,11H2,2-3H3/b10-8+,13-12?. The molecule has 0 aromatic rings. The zero-order chi connectivity index (χ0) is 9.94. The van der Waals surface area contributed by atoms with E-state index >= 15 is 0 Å². The van der Waals surface area contributed by atoms with Crippen molar-refractivity contribution in [1.82, 2.24) is 0 Å². The van der Waals surface area contributed by atoms with Gasteiger partial charge in [-0.2, -0.15) is 0 Å². The van der Waals surface area contributed by atoms with Crippen LogP contribution in [0.1, 0.15) is 39.5 Å². The van der Waals surface area contributed by atoms with Crippen molar-refractivity contribution >= 4 is 5.71 Å². The van der Waals surface area contributed by atoms with Gasteiger partial charge < -0.3 is 0 Å². The van der Waals surface area contributed by atoms with Crippen LogP contribution >= 0.6 is 0 Å². The summed E-state index contributed by atoms with van der Waals surface area (Å²) in [7, 11) is 0. The Morgan fingerprint density at radius 1 is 1.38 bits per heavy atom. The van der Waals surface area contributed by atoms with Gasteiger partial charge >= 0.3 is 0 Å². The molecule has 0 radical (unpaired) electrons. The summed E-state index contributed by atoms with van der Waals surface area (Å²) in [5.41, 5.74) is 1.21. The second-order valence-electron chi connectivity index (χ2n) is 3.01. The van der Waals surface area contributed by atoms with Crippen molar-refractivity contribution in [3.05, 3.63) is 24.8 Å². The van der Waals surface area contributed by atoms with Gasteiger partial charge in [-0.25, -0.2) is 0 Å². The molecular formula is C12H21N. The van der Waals surface area contributed by atoms with E-state index in [-0.39, 0.29) is 0 Å². The normalized spacial score (nSPS) is 12.3. The van der Waals surface area contributed by atoms with E-state index < -0.39 is 0 Å². The summed E-state index contributed by atoms with van der Waals surface area (Å²) in [6.07, 6.45) is 10.5. The molecule has 74 valence electrons. The molecule has 1 nitrogen and oxygen atoms in total. The quantitative estimate of drug-likeness (QED) is 0.417. The third kappa shape index (κ3) is 7.51. The fourth-order valence-corrected chi connectivity index (χ4v) is 0.974. The van der Waals surface area contributed by atoms with E-state index in [1.807, 2.05) is 6.08 Å². The minimum atomic E-state index is 0.945. The Kier molecular flexibility index (Phi) is 8.64.